The maximum absolute atomic E-state index is 12.5. The molecule has 1 fully saturated rings. The standard InChI is InChI=1S/C15H23ClN4O4S/c1-2-3-14(15(21)17-22)18-25(23,24)20-10-8-19(9-11-20)13-6-4-12(16)5-7-13/h4-7,14,18,22H,2-3,8-11H2,1H3,(H,17,21). The van der Waals surface area contributed by atoms with Gasteiger partial charge in [-0.3, -0.25) is 10.0 Å². The molecule has 2 rings (SSSR count). The van der Waals surface area contributed by atoms with Gasteiger partial charge in [0.15, 0.2) is 0 Å². The molecule has 0 spiro atoms. The first kappa shape index (κ1) is 19.9. The van der Waals surface area contributed by atoms with E-state index in [2.05, 4.69) is 9.62 Å². The van der Waals surface area contributed by atoms with E-state index in [9.17, 15) is 13.2 Å². The molecule has 1 saturated heterocycles. The van der Waals surface area contributed by atoms with Gasteiger partial charge in [-0.2, -0.15) is 17.4 Å². The maximum atomic E-state index is 12.5. The van der Waals surface area contributed by atoms with E-state index in [4.69, 9.17) is 16.8 Å². The average Bonchev–Trinajstić information content (AvgIpc) is 2.61. The third kappa shape index (κ3) is 5.29. The molecule has 140 valence electrons. The van der Waals surface area contributed by atoms with Crippen molar-refractivity contribution in [2.75, 3.05) is 31.1 Å². The van der Waals surface area contributed by atoms with Crippen LogP contribution in [0.3, 0.4) is 0 Å². The van der Waals surface area contributed by atoms with Gasteiger partial charge in [-0.05, 0) is 30.7 Å². The number of nitrogens with zero attached hydrogens (tertiary/aromatic N) is 2. The van der Waals surface area contributed by atoms with Crippen molar-refractivity contribution in [2.45, 2.75) is 25.8 Å². The number of piperazine rings is 1. The fourth-order valence-corrected chi connectivity index (χ4v) is 4.21. The largest absolute Gasteiger partial charge is 0.369 e. The molecule has 1 aromatic carbocycles. The molecule has 0 radical (unpaired) electrons. The Bertz CT molecular complexity index is 675. The summed E-state index contributed by atoms with van der Waals surface area (Å²) in [5, 5.41) is 9.41. The molecular formula is C15H23ClN4O4S. The van der Waals surface area contributed by atoms with Crippen LogP contribution in [-0.2, 0) is 15.0 Å². The Labute approximate surface area is 152 Å². The molecule has 8 nitrogen and oxygen atoms in total. The van der Waals surface area contributed by atoms with Crippen LogP contribution in [0, 0.1) is 0 Å². The van der Waals surface area contributed by atoms with Crippen LogP contribution < -0.4 is 15.1 Å². The number of hydrogen-bond acceptors (Lipinski definition) is 5. The van der Waals surface area contributed by atoms with Crippen LogP contribution in [-0.4, -0.2) is 56.1 Å². The summed E-state index contributed by atoms with van der Waals surface area (Å²) < 4.78 is 28.7. The van der Waals surface area contributed by atoms with Crippen LogP contribution in [0.25, 0.3) is 0 Å². The topological polar surface area (TPSA) is 102 Å². The summed E-state index contributed by atoms with van der Waals surface area (Å²) >= 11 is 5.88. The number of rotatable bonds is 7. The van der Waals surface area contributed by atoms with Crippen LogP contribution in [0.1, 0.15) is 19.8 Å². The first-order valence-corrected chi connectivity index (χ1v) is 9.91. The minimum absolute atomic E-state index is 0.302. The van der Waals surface area contributed by atoms with Crippen molar-refractivity contribution < 1.29 is 18.4 Å². The first-order chi connectivity index (χ1) is 11.9. The van der Waals surface area contributed by atoms with Gasteiger partial charge >= 0.3 is 0 Å². The minimum Gasteiger partial charge on any atom is -0.369 e. The summed E-state index contributed by atoms with van der Waals surface area (Å²) in [6.45, 7) is 3.51. The van der Waals surface area contributed by atoms with Gasteiger partial charge in [0.2, 0.25) is 0 Å². The molecule has 1 aliphatic heterocycles. The van der Waals surface area contributed by atoms with Gasteiger partial charge in [0.05, 0.1) is 0 Å². The number of hydrogen-bond donors (Lipinski definition) is 3. The highest BCUT2D eigenvalue weighted by molar-refractivity contribution is 7.87. The number of carbonyl (C=O) groups excluding carboxylic acids is 1. The molecule has 0 aliphatic carbocycles. The van der Waals surface area contributed by atoms with Crippen LogP contribution in [0.4, 0.5) is 5.69 Å². The lowest BCUT2D eigenvalue weighted by atomic mass is 10.2. The molecule has 1 unspecified atom stereocenters. The second-order valence-electron chi connectivity index (χ2n) is 5.80. The van der Waals surface area contributed by atoms with Crippen molar-refractivity contribution in [3.05, 3.63) is 29.3 Å². The van der Waals surface area contributed by atoms with Crippen molar-refractivity contribution in [3.63, 3.8) is 0 Å². The Morgan fingerprint density at radius 2 is 1.84 bits per heavy atom. The number of halogens is 1. The molecule has 1 aromatic rings. The molecular weight excluding hydrogens is 368 g/mol. The van der Waals surface area contributed by atoms with Crippen molar-refractivity contribution in [1.29, 1.82) is 0 Å². The molecule has 1 amide bonds. The molecule has 3 N–H and O–H groups in total. The summed E-state index contributed by atoms with van der Waals surface area (Å²) in [4.78, 5) is 13.7. The predicted octanol–water partition coefficient (Wildman–Crippen LogP) is 0.970. The predicted molar refractivity (Wildman–Crippen MR) is 95.9 cm³/mol. The van der Waals surface area contributed by atoms with E-state index < -0.39 is 22.2 Å². The number of carbonyl (C=O) groups is 1. The minimum atomic E-state index is -3.81. The molecule has 0 bridgehead atoms. The van der Waals surface area contributed by atoms with E-state index >= 15 is 0 Å². The van der Waals surface area contributed by atoms with E-state index in [-0.39, 0.29) is 0 Å². The van der Waals surface area contributed by atoms with E-state index in [0.717, 1.165) is 5.69 Å². The van der Waals surface area contributed by atoms with E-state index in [1.165, 1.54) is 9.79 Å². The van der Waals surface area contributed by atoms with Gasteiger partial charge in [0.1, 0.15) is 6.04 Å². The summed E-state index contributed by atoms with van der Waals surface area (Å²) in [7, 11) is -3.81. The highest BCUT2D eigenvalue weighted by atomic mass is 35.5. The van der Waals surface area contributed by atoms with E-state index in [1.54, 1.807) is 12.1 Å². The summed E-state index contributed by atoms with van der Waals surface area (Å²) in [5.41, 5.74) is 2.49. The Morgan fingerprint density at radius 1 is 1.24 bits per heavy atom. The Balaban J connectivity index is 1.98. The second-order valence-corrected chi connectivity index (χ2v) is 7.94. The molecule has 25 heavy (non-hydrogen) atoms. The van der Waals surface area contributed by atoms with Gasteiger partial charge in [-0.15, -0.1) is 0 Å². The fraction of sp³-hybridized carbons (Fsp3) is 0.533. The van der Waals surface area contributed by atoms with Crippen molar-refractivity contribution in [3.8, 4) is 0 Å². The monoisotopic (exact) mass is 390 g/mol. The van der Waals surface area contributed by atoms with Crippen molar-refractivity contribution in [1.82, 2.24) is 14.5 Å². The van der Waals surface area contributed by atoms with Gasteiger partial charge in [-0.25, -0.2) is 5.48 Å². The Morgan fingerprint density at radius 3 is 2.36 bits per heavy atom. The number of hydroxylamine groups is 1. The number of nitrogens with one attached hydrogen (secondary N) is 2. The summed E-state index contributed by atoms with van der Waals surface area (Å²) in [5.74, 6) is -0.759. The van der Waals surface area contributed by atoms with Crippen molar-refractivity contribution in [2.24, 2.45) is 0 Å². The zero-order chi connectivity index (χ0) is 18.4. The van der Waals surface area contributed by atoms with Crippen LogP contribution in [0.15, 0.2) is 24.3 Å². The average molecular weight is 391 g/mol. The quantitative estimate of drug-likeness (QED) is 0.475. The zero-order valence-corrected chi connectivity index (χ0v) is 15.6. The third-order valence-electron chi connectivity index (χ3n) is 4.07. The molecule has 1 atom stereocenters. The van der Waals surface area contributed by atoms with E-state index in [1.807, 2.05) is 19.1 Å². The fourth-order valence-electron chi connectivity index (χ4n) is 2.70. The number of amides is 1. The van der Waals surface area contributed by atoms with Crippen LogP contribution in [0.2, 0.25) is 5.02 Å². The SMILES string of the molecule is CCCC(NS(=O)(=O)N1CCN(c2ccc(Cl)cc2)CC1)C(=O)NO. The van der Waals surface area contributed by atoms with Gasteiger partial charge < -0.3 is 4.90 Å². The normalized spacial score (nSPS) is 17.3. The molecule has 1 aliphatic rings. The van der Waals surface area contributed by atoms with Gasteiger partial charge in [-0.1, -0.05) is 24.9 Å². The maximum Gasteiger partial charge on any atom is 0.280 e. The summed E-state index contributed by atoms with van der Waals surface area (Å²) in [6, 6.07) is 6.39. The molecule has 1 heterocycles. The zero-order valence-electron chi connectivity index (χ0n) is 14.0. The lowest BCUT2D eigenvalue weighted by molar-refractivity contribution is -0.131. The lowest BCUT2D eigenvalue weighted by Gasteiger charge is -2.35. The molecule has 10 heteroatoms. The van der Waals surface area contributed by atoms with E-state index in [0.29, 0.717) is 44.0 Å². The van der Waals surface area contributed by atoms with Gasteiger partial charge in [0, 0.05) is 36.9 Å². The second kappa shape index (κ2) is 8.81. The Hall–Kier alpha value is -1.39. The van der Waals surface area contributed by atoms with Crippen LogP contribution >= 0.6 is 11.6 Å². The molecule has 0 saturated carbocycles. The highest BCUT2D eigenvalue weighted by Crippen LogP contribution is 2.20. The number of benzene rings is 1. The third-order valence-corrected chi connectivity index (χ3v) is 5.94. The lowest BCUT2D eigenvalue weighted by Crippen LogP contribution is -2.56. The Kier molecular flexibility index (Phi) is 7.03. The van der Waals surface area contributed by atoms with Crippen LogP contribution in [0.5, 0.6) is 0 Å². The summed E-state index contributed by atoms with van der Waals surface area (Å²) in [6.07, 6.45) is 0.904. The first-order valence-electron chi connectivity index (χ1n) is 8.09. The number of anilines is 1. The highest BCUT2D eigenvalue weighted by Gasteiger charge is 2.31. The molecule has 0 aromatic heterocycles. The van der Waals surface area contributed by atoms with Gasteiger partial charge in [0.25, 0.3) is 16.1 Å². The van der Waals surface area contributed by atoms with Crippen molar-refractivity contribution >= 4 is 33.4 Å². The smallest absolute Gasteiger partial charge is 0.280 e.